The number of nitrogens with two attached hydrogens (primary N) is 1. The maximum absolute atomic E-state index is 6.06. The molecule has 2 heterocycles. The Bertz CT molecular complexity index is 624. The van der Waals surface area contributed by atoms with Crippen LogP contribution in [0.25, 0.3) is 11.0 Å². The summed E-state index contributed by atoms with van der Waals surface area (Å²) in [6, 6.07) is 9.04. The van der Waals surface area contributed by atoms with Crippen LogP contribution in [-0.4, -0.2) is 24.0 Å². The summed E-state index contributed by atoms with van der Waals surface area (Å²) in [6.07, 6.45) is 2.52. The third kappa shape index (κ3) is 2.89. The number of nitrogens with zero attached hydrogens (tertiary/aromatic N) is 1. The molecular weight excluding hydrogens is 328 g/mol. The fraction of sp³-hybridized carbons (Fsp3) is 0.529. The van der Waals surface area contributed by atoms with Crippen LogP contribution < -0.4 is 5.73 Å². The van der Waals surface area contributed by atoms with Gasteiger partial charge in [0.05, 0.1) is 6.04 Å². The van der Waals surface area contributed by atoms with Crippen molar-refractivity contribution in [1.29, 1.82) is 0 Å². The summed E-state index contributed by atoms with van der Waals surface area (Å²) >= 11 is 3.52. The van der Waals surface area contributed by atoms with Crippen molar-refractivity contribution in [3.8, 4) is 0 Å². The molecule has 114 valence electrons. The normalized spacial score (nSPS) is 25.3. The smallest absolute Gasteiger partial charge is 0.134 e. The molecule has 1 fully saturated rings. The Hall–Kier alpha value is -0.840. The average molecular weight is 351 g/mol. The van der Waals surface area contributed by atoms with E-state index < -0.39 is 0 Å². The minimum absolute atomic E-state index is 0.271. The van der Waals surface area contributed by atoms with Crippen LogP contribution in [0.3, 0.4) is 0 Å². The molecule has 2 aromatic rings. The number of piperidine rings is 1. The first-order valence-corrected chi connectivity index (χ1v) is 8.54. The van der Waals surface area contributed by atoms with E-state index in [9.17, 15) is 0 Å². The lowest BCUT2D eigenvalue weighted by molar-refractivity contribution is 0.0606. The molecule has 0 spiro atoms. The largest absolute Gasteiger partial charge is 0.459 e. The second kappa shape index (κ2) is 6.11. The molecule has 0 saturated carbocycles. The van der Waals surface area contributed by atoms with Crippen LogP contribution in [0.15, 0.2) is 33.2 Å². The lowest BCUT2D eigenvalue weighted by Gasteiger charge is -2.42. The predicted molar refractivity (Wildman–Crippen MR) is 90.3 cm³/mol. The van der Waals surface area contributed by atoms with Gasteiger partial charge in [0.1, 0.15) is 11.3 Å². The average Bonchev–Trinajstić information content (AvgIpc) is 2.89. The summed E-state index contributed by atoms with van der Waals surface area (Å²) in [5, 5.41) is 1.15. The molecule has 1 saturated heterocycles. The maximum Gasteiger partial charge on any atom is 0.134 e. The van der Waals surface area contributed by atoms with Gasteiger partial charge in [-0.1, -0.05) is 22.9 Å². The standard InChI is InChI=1S/C17H23BrN2O/c1-11-4-3-7-20(15(11)10-19)12(2)17-9-13-8-14(18)5-6-16(13)21-17/h5-6,8-9,11-12,15H,3-4,7,10,19H2,1-2H3. The van der Waals surface area contributed by atoms with Crippen molar-refractivity contribution in [3.05, 3.63) is 34.5 Å². The monoisotopic (exact) mass is 350 g/mol. The SMILES string of the molecule is CC1CCCN(C(C)c2cc3cc(Br)ccc3o2)C1CN. The zero-order valence-corrected chi connectivity index (χ0v) is 14.3. The number of halogens is 1. The van der Waals surface area contributed by atoms with Crippen LogP contribution in [0.5, 0.6) is 0 Å². The minimum atomic E-state index is 0.271. The lowest BCUT2D eigenvalue weighted by atomic mass is 9.89. The van der Waals surface area contributed by atoms with Gasteiger partial charge in [-0.05, 0) is 56.5 Å². The number of furan rings is 1. The molecule has 0 bridgehead atoms. The van der Waals surface area contributed by atoms with E-state index in [1.54, 1.807) is 0 Å². The van der Waals surface area contributed by atoms with Crippen molar-refractivity contribution < 1.29 is 4.42 Å². The van der Waals surface area contributed by atoms with E-state index in [0.29, 0.717) is 12.0 Å². The minimum Gasteiger partial charge on any atom is -0.459 e. The van der Waals surface area contributed by atoms with Gasteiger partial charge in [0, 0.05) is 22.4 Å². The van der Waals surface area contributed by atoms with Crippen LogP contribution in [-0.2, 0) is 0 Å². The van der Waals surface area contributed by atoms with Crippen molar-refractivity contribution in [2.24, 2.45) is 11.7 Å². The summed E-state index contributed by atoms with van der Waals surface area (Å²) in [7, 11) is 0. The fourth-order valence-corrected chi connectivity index (χ4v) is 3.91. The Morgan fingerprint density at radius 2 is 2.24 bits per heavy atom. The molecule has 0 amide bonds. The Labute approximate surface area is 134 Å². The van der Waals surface area contributed by atoms with Crippen molar-refractivity contribution in [2.75, 3.05) is 13.1 Å². The van der Waals surface area contributed by atoms with Gasteiger partial charge >= 0.3 is 0 Å². The first-order chi connectivity index (χ1) is 10.1. The zero-order chi connectivity index (χ0) is 15.0. The first kappa shape index (κ1) is 15.1. The molecule has 2 N–H and O–H groups in total. The molecule has 1 aliphatic rings. The Morgan fingerprint density at radius 1 is 1.43 bits per heavy atom. The van der Waals surface area contributed by atoms with E-state index in [1.807, 2.05) is 12.1 Å². The predicted octanol–water partition coefficient (Wildman–Crippen LogP) is 4.32. The van der Waals surface area contributed by atoms with Gasteiger partial charge < -0.3 is 10.2 Å². The van der Waals surface area contributed by atoms with Gasteiger partial charge in [0.25, 0.3) is 0 Å². The van der Waals surface area contributed by atoms with Gasteiger partial charge in [-0.15, -0.1) is 0 Å². The van der Waals surface area contributed by atoms with Crippen molar-refractivity contribution in [3.63, 3.8) is 0 Å². The molecule has 3 rings (SSSR count). The van der Waals surface area contributed by atoms with E-state index in [2.05, 4.69) is 46.8 Å². The van der Waals surface area contributed by atoms with E-state index in [1.165, 1.54) is 12.8 Å². The van der Waals surface area contributed by atoms with Gasteiger partial charge in [-0.2, -0.15) is 0 Å². The van der Waals surface area contributed by atoms with E-state index in [4.69, 9.17) is 10.2 Å². The van der Waals surface area contributed by atoms with Crippen LogP contribution in [0.2, 0.25) is 0 Å². The molecule has 21 heavy (non-hydrogen) atoms. The molecule has 1 aliphatic heterocycles. The summed E-state index contributed by atoms with van der Waals surface area (Å²) in [6.45, 7) is 6.37. The first-order valence-electron chi connectivity index (χ1n) is 7.75. The van der Waals surface area contributed by atoms with Gasteiger partial charge in [-0.25, -0.2) is 0 Å². The third-order valence-electron chi connectivity index (χ3n) is 4.81. The highest BCUT2D eigenvalue weighted by molar-refractivity contribution is 9.10. The topological polar surface area (TPSA) is 42.4 Å². The number of hydrogen-bond acceptors (Lipinski definition) is 3. The quantitative estimate of drug-likeness (QED) is 0.896. The van der Waals surface area contributed by atoms with Gasteiger partial charge in [-0.3, -0.25) is 4.90 Å². The summed E-state index contributed by atoms with van der Waals surface area (Å²) in [5.41, 5.74) is 6.97. The van der Waals surface area contributed by atoms with E-state index in [0.717, 1.165) is 34.3 Å². The summed E-state index contributed by atoms with van der Waals surface area (Å²) in [5.74, 6) is 1.69. The molecule has 3 nitrogen and oxygen atoms in total. The molecule has 1 aromatic carbocycles. The molecule has 0 aliphatic carbocycles. The van der Waals surface area contributed by atoms with Crippen molar-refractivity contribution in [2.45, 2.75) is 38.8 Å². The summed E-state index contributed by atoms with van der Waals surface area (Å²) < 4.78 is 7.15. The molecule has 0 radical (unpaired) electrons. The molecular formula is C17H23BrN2O. The second-order valence-electron chi connectivity index (χ2n) is 6.17. The molecule has 1 aromatic heterocycles. The highest BCUT2D eigenvalue weighted by Crippen LogP contribution is 2.34. The van der Waals surface area contributed by atoms with E-state index >= 15 is 0 Å². The Kier molecular flexibility index (Phi) is 4.38. The van der Waals surface area contributed by atoms with Crippen LogP contribution >= 0.6 is 15.9 Å². The number of benzene rings is 1. The van der Waals surface area contributed by atoms with Crippen LogP contribution in [0.4, 0.5) is 0 Å². The Morgan fingerprint density at radius 3 is 3.00 bits per heavy atom. The van der Waals surface area contributed by atoms with Crippen molar-refractivity contribution in [1.82, 2.24) is 4.90 Å². The Balaban J connectivity index is 1.89. The van der Waals surface area contributed by atoms with Gasteiger partial charge in [0.2, 0.25) is 0 Å². The van der Waals surface area contributed by atoms with Crippen LogP contribution in [0.1, 0.15) is 38.5 Å². The third-order valence-corrected chi connectivity index (χ3v) is 5.30. The maximum atomic E-state index is 6.06. The van der Waals surface area contributed by atoms with Crippen LogP contribution in [0, 0.1) is 5.92 Å². The molecule has 3 unspecified atom stereocenters. The van der Waals surface area contributed by atoms with Gasteiger partial charge in [0.15, 0.2) is 0 Å². The highest BCUT2D eigenvalue weighted by Gasteiger charge is 2.32. The molecule has 3 atom stereocenters. The summed E-state index contributed by atoms with van der Waals surface area (Å²) in [4.78, 5) is 2.51. The number of hydrogen-bond donors (Lipinski definition) is 1. The number of likely N-dealkylation sites (tertiary alicyclic amines) is 1. The lowest BCUT2D eigenvalue weighted by Crippen LogP contribution is -2.49. The van der Waals surface area contributed by atoms with E-state index in [-0.39, 0.29) is 6.04 Å². The second-order valence-corrected chi connectivity index (χ2v) is 7.08. The zero-order valence-electron chi connectivity index (χ0n) is 12.7. The van der Waals surface area contributed by atoms with Crippen molar-refractivity contribution >= 4 is 26.9 Å². The molecule has 4 heteroatoms. The number of rotatable bonds is 3. The fourth-order valence-electron chi connectivity index (χ4n) is 3.53. The number of fused-ring (bicyclic) bond motifs is 1. The highest BCUT2D eigenvalue weighted by atomic mass is 79.9.